The summed E-state index contributed by atoms with van der Waals surface area (Å²) in [7, 11) is 1.86. The van der Waals surface area contributed by atoms with Crippen LogP contribution in [0.25, 0.3) is 39.1 Å². The van der Waals surface area contributed by atoms with Crippen molar-refractivity contribution in [3.63, 3.8) is 0 Å². The minimum absolute atomic E-state index is 0.0328. The molecule has 3 atom stereocenters. The van der Waals surface area contributed by atoms with Crippen molar-refractivity contribution in [2.45, 2.75) is 85.4 Å². The molecule has 0 saturated heterocycles. The summed E-state index contributed by atoms with van der Waals surface area (Å²) in [6, 6.07) is 32.6. The average molecular weight is 707 g/mol. The maximum Gasteiger partial charge on any atom is 0.249 e. The van der Waals surface area contributed by atoms with Gasteiger partial charge < -0.3 is 15.1 Å². The molecule has 8 heteroatoms. The SMILES string of the molecule is CCC(C)N(C)C(=O)Cc1nc(-c2cccc(-c3ccc4c(c3)NC(c3ccccc3)=N/C4=C\C(=O)N(C(C)CC)C(C)CC)c2)nc2ccccc12. The molecule has 2 amide bonds. The third kappa shape index (κ3) is 8.07. The number of nitrogens with zero attached hydrogens (tertiary/aromatic N) is 5. The number of carbonyl (C=O) groups is 2. The van der Waals surface area contributed by atoms with Crippen molar-refractivity contribution in [1.82, 2.24) is 19.8 Å². The number of fused-ring (bicyclic) bond motifs is 2. The lowest BCUT2D eigenvalue weighted by Crippen LogP contribution is -2.43. The molecule has 8 nitrogen and oxygen atoms in total. The van der Waals surface area contributed by atoms with Gasteiger partial charge in [-0.3, -0.25) is 9.59 Å². The first-order valence-electron chi connectivity index (χ1n) is 18.8. The number of para-hydroxylation sites is 1. The Morgan fingerprint density at radius 3 is 2.08 bits per heavy atom. The molecule has 1 aliphatic rings. The molecule has 0 saturated carbocycles. The fourth-order valence-electron chi connectivity index (χ4n) is 6.71. The highest BCUT2D eigenvalue weighted by molar-refractivity contribution is 6.15. The third-order valence-corrected chi connectivity index (χ3v) is 10.6. The van der Waals surface area contributed by atoms with Crippen LogP contribution in [0.5, 0.6) is 0 Å². The summed E-state index contributed by atoms with van der Waals surface area (Å²) in [6.07, 6.45) is 4.52. The van der Waals surface area contributed by atoms with Crippen molar-refractivity contribution < 1.29 is 9.59 Å². The highest BCUT2D eigenvalue weighted by Gasteiger charge is 2.25. The van der Waals surface area contributed by atoms with Crippen LogP contribution in [0.4, 0.5) is 5.69 Å². The summed E-state index contributed by atoms with van der Waals surface area (Å²) in [4.78, 5) is 45.9. The number of amidine groups is 1. The highest BCUT2D eigenvalue weighted by Crippen LogP contribution is 2.36. The molecule has 1 N–H and O–H groups in total. The van der Waals surface area contributed by atoms with E-state index in [1.54, 1.807) is 11.0 Å². The van der Waals surface area contributed by atoms with E-state index in [0.717, 1.165) is 69.4 Å². The van der Waals surface area contributed by atoms with E-state index in [2.05, 4.69) is 71.1 Å². The van der Waals surface area contributed by atoms with Crippen molar-refractivity contribution in [3.05, 3.63) is 120 Å². The van der Waals surface area contributed by atoms with E-state index in [9.17, 15) is 9.59 Å². The molecule has 3 unspecified atom stereocenters. The minimum Gasteiger partial charge on any atom is -0.343 e. The third-order valence-electron chi connectivity index (χ3n) is 10.6. The fraction of sp³-hybridized carbons (Fsp3) is 0.311. The van der Waals surface area contributed by atoms with E-state index in [0.29, 0.717) is 17.4 Å². The molecule has 0 aliphatic carbocycles. The van der Waals surface area contributed by atoms with Crippen molar-refractivity contribution in [2.75, 3.05) is 12.4 Å². The minimum atomic E-state index is -0.0348. The Bertz CT molecular complexity index is 2170. The van der Waals surface area contributed by atoms with Crippen molar-refractivity contribution in [2.24, 2.45) is 4.99 Å². The Morgan fingerprint density at radius 2 is 1.36 bits per heavy atom. The Morgan fingerprint density at radius 1 is 0.717 bits per heavy atom. The summed E-state index contributed by atoms with van der Waals surface area (Å²) < 4.78 is 0. The molecule has 5 aromatic rings. The highest BCUT2D eigenvalue weighted by atomic mass is 16.2. The molecule has 0 bridgehead atoms. The number of hydrogen-bond acceptors (Lipinski definition) is 6. The first-order chi connectivity index (χ1) is 25.6. The van der Waals surface area contributed by atoms with Gasteiger partial charge in [0, 0.05) is 59.0 Å². The van der Waals surface area contributed by atoms with Crippen LogP contribution in [0, 0.1) is 0 Å². The van der Waals surface area contributed by atoms with Crippen LogP contribution in [-0.2, 0) is 16.0 Å². The Labute approximate surface area is 313 Å². The topological polar surface area (TPSA) is 90.8 Å². The number of amides is 2. The predicted octanol–water partition coefficient (Wildman–Crippen LogP) is 9.40. The second-order valence-corrected chi connectivity index (χ2v) is 14.0. The van der Waals surface area contributed by atoms with E-state index >= 15 is 0 Å². The number of aromatic nitrogens is 2. The van der Waals surface area contributed by atoms with E-state index in [1.165, 1.54) is 0 Å². The molecule has 6 rings (SSSR count). The molecule has 272 valence electrons. The van der Waals surface area contributed by atoms with Gasteiger partial charge in [0.05, 0.1) is 23.3 Å². The Kier molecular flexibility index (Phi) is 11.5. The van der Waals surface area contributed by atoms with Gasteiger partial charge in [-0.05, 0) is 69.4 Å². The van der Waals surface area contributed by atoms with Crippen LogP contribution >= 0.6 is 0 Å². The van der Waals surface area contributed by atoms with Crippen molar-refractivity contribution >= 4 is 39.9 Å². The van der Waals surface area contributed by atoms with Crippen LogP contribution in [0.2, 0.25) is 0 Å². The number of anilines is 1. The van der Waals surface area contributed by atoms with Crippen molar-refractivity contribution in [1.29, 1.82) is 0 Å². The van der Waals surface area contributed by atoms with E-state index in [1.807, 2.05) is 84.7 Å². The zero-order valence-electron chi connectivity index (χ0n) is 31.9. The molecular formula is C45H50N6O2. The lowest BCUT2D eigenvalue weighted by molar-refractivity contribution is -0.131. The molecule has 2 heterocycles. The van der Waals surface area contributed by atoms with Crippen LogP contribution in [0.1, 0.15) is 77.6 Å². The van der Waals surface area contributed by atoms with E-state index < -0.39 is 0 Å². The summed E-state index contributed by atoms with van der Waals surface area (Å²) in [5.41, 5.74) is 7.65. The van der Waals surface area contributed by atoms with Gasteiger partial charge >= 0.3 is 0 Å². The van der Waals surface area contributed by atoms with E-state index in [-0.39, 0.29) is 36.4 Å². The maximum atomic E-state index is 13.9. The molecular weight excluding hydrogens is 657 g/mol. The monoisotopic (exact) mass is 706 g/mol. The summed E-state index contributed by atoms with van der Waals surface area (Å²) in [5, 5.41) is 4.44. The predicted molar refractivity (Wildman–Crippen MR) is 218 cm³/mol. The van der Waals surface area contributed by atoms with Crippen LogP contribution < -0.4 is 5.32 Å². The number of rotatable bonds is 12. The van der Waals surface area contributed by atoms with Gasteiger partial charge in [0.25, 0.3) is 0 Å². The number of benzene rings is 4. The molecule has 0 fully saturated rings. The maximum absolute atomic E-state index is 13.9. The van der Waals surface area contributed by atoms with Crippen molar-refractivity contribution in [3.8, 4) is 22.5 Å². The lowest BCUT2D eigenvalue weighted by Gasteiger charge is -2.33. The summed E-state index contributed by atoms with van der Waals surface area (Å²) in [6.45, 7) is 12.6. The molecule has 4 aromatic carbocycles. The quantitative estimate of drug-likeness (QED) is 0.131. The zero-order valence-corrected chi connectivity index (χ0v) is 31.9. The standard InChI is InChI=1S/C45H50N6O2/c1-8-29(4)50(7)42(52)27-40-36-21-14-15-22-38(36)46-45(49-40)35-20-16-19-33(25-35)34-23-24-37-39(26-34)47-44(32-17-12-11-13-18-32)48-41(37)28-43(53)51(30(5)9-2)31(6)10-3/h11-26,28-31H,8-10,27H2,1-7H3,(H,47,48)/b41-28-. The zero-order chi connectivity index (χ0) is 37.6. The average Bonchev–Trinajstić information content (AvgIpc) is 3.20. The van der Waals surface area contributed by atoms with Crippen LogP contribution in [0.3, 0.4) is 0 Å². The van der Waals surface area contributed by atoms with Gasteiger partial charge in [-0.15, -0.1) is 0 Å². The van der Waals surface area contributed by atoms with Gasteiger partial charge in [-0.1, -0.05) is 99.6 Å². The Hall–Kier alpha value is -5.63. The van der Waals surface area contributed by atoms with Gasteiger partial charge in [0.15, 0.2) is 5.82 Å². The second-order valence-electron chi connectivity index (χ2n) is 14.0. The first kappa shape index (κ1) is 37.1. The summed E-state index contributed by atoms with van der Waals surface area (Å²) >= 11 is 0. The van der Waals surface area contributed by atoms with Gasteiger partial charge in [0.2, 0.25) is 11.8 Å². The number of carbonyl (C=O) groups excluding carboxylic acids is 2. The number of nitrogens with one attached hydrogen (secondary N) is 1. The first-order valence-corrected chi connectivity index (χ1v) is 18.8. The summed E-state index contributed by atoms with van der Waals surface area (Å²) in [5.74, 6) is 1.26. The fourth-order valence-corrected chi connectivity index (χ4v) is 6.71. The molecule has 53 heavy (non-hydrogen) atoms. The number of aliphatic imine (C=N–C) groups is 1. The van der Waals surface area contributed by atoms with E-state index in [4.69, 9.17) is 15.0 Å². The van der Waals surface area contributed by atoms with Gasteiger partial charge in [-0.2, -0.15) is 0 Å². The Balaban J connectivity index is 1.38. The largest absolute Gasteiger partial charge is 0.343 e. The molecule has 0 radical (unpaired) electrons. The van der Waals surface area contributed by atoms with Gasteiger partial charge in [-0.25, -0.2) is 15.0 Å². The van der Waals surface area contributed by atoms with Crippen LogP contribution in [-0.4, -0.2) is 62.6 Å². The lowest BCUT2D eigenvalue weighted by atomic mass is 9.97. The molecule has 1 aromatic heterocycles. The van der Waals surface area contributed by atoms with Crippen LogP contribution in [0.15, 0.2) is 108 Å². The second kappa shape index (κ2) is 16.4. The van der Waals surface area contributed by atoms with Gasteiger partial charge in [0.1, 0.15) is 5.84 Å². The smallest absolute Gasteiger partial charge is 0.249 e. The number of likely N-dealkylation sites (N-methyl/N-ethyl adjacent to an activating group) is 1. The molecule has 0 spiro atoms. The molecule has 1 aliphatic heterocycles. The normalized spacial score (nSPS) is 14.8. The number of hydrogen-bond donors (Lipinski definition) is 1.